The summed E-state index contributed by atoms with van der Waals surface area (Å²) in [5.41, 5.74) is 1.84. The Morgan fingerprint density at radius 2 is 1.85 bits per heavy atom. The molecule has 2 fully saturated rings. The number of carbonyl (C=O) groups excluding carboxylic acids is 3. The van der Waals surface area contributed by atoms with Crippen LogP contribution in [0.4, 0.5) is 9.52 Å². The normalized spacial score (nSPS) is 24.5. The first-order valence-corrected chi connectivity index (χ1v) is 16.9. The van der Waals surface area contributed by atoms with Crippen molar-refractivity contribution in [1.82, 2.24) is 20.5 Å². The van der Waals surface area contributed by atoms with Crippen LogP contribution < -0.4 is 16.0 Å². The Balaban J connectivity index is 1.13. The first kappa shape index (κ1) is 32.0. The van der Waals surface area contributed by atoms with Gasteiger partial charge in [0, 0.05) is 49.7 Å². The number of hydrogen-bond acceptors (Lipinski definition) is 7. The van der Waals surface area contributed by atoms with Crippen molar-refractivity contribution >= 4 is 34.2 Å². The zero-order valence-electron chi connectivity index (χ0n) is 25.8. The fraction of sp³-hybridized carbons (Fsp3) is 0.429. The number of nitrogens with zero attached hydrogens (tertiary/aromatic N) is 2. The van der Waals surface area contributed by atoms with Crippen molar-refractivity contribution in [3.63, 3.8) is 0 Å². The fourth-order valence-corrected chi connectivity index (χ4v) is 7.38. The van der Waals surface area contributed by atoms with Crippen molar-refractivity contribution in [2.75, 3.05) is 38.2 Å². The molecule has 0 unspecified atom stereocenters. The summed E-state index contributed by atoms with van der Waals surface area (Å²) in [6, 6.07) is 15.1. The van der Waals surface area contributed by atoms with E-state index >= 15 is 0 Å². The number of fused-ring (bicyclic) bond motifs is 1. The predicted molar refractivity (Wildman–Crippen MR) is 176 cm³/mol. The smallest absolute Gasteiger partial charge is 0.243 e. The Morgan fingerprint density at radius 1 is 1.07 bits per heavy atom. The second-order valence-corrected chi connectivity index (χ2v) is 13.4. The molecular formula is C35H40FN5O4S. The van der Waals surface area contributed by atoms with Gasteiger partial charge in [-0.15, -0.1) is 11.3 Å². The Labute approximate surface area is 272 Å². The maximum absolute atomic E-state index is 13.8. The van der Waals surface area contributed by atoms with Gasteiger partial charge in [-0.1, -0.05) is 42.5 Å². The van der Waals surface area contributed by atoms with Gasteiger partial charge in [-0.3, -0.25) is 19.3 Å². The maximum atomic E-state index is 13.8. The van der Waals surface area contributed by atoms with Crippen LogP contribution in [0, 0.1) is 17.2 Å². The summed E-state index contributed by atoms with van der Waals surface area (Å²) in [5, 5.41) is 11.7. The molecule has 0 bridgehead atoms. The lowest BCUT2D eigenvalue weighted by Crippen LogP contribution is -2.58. The second kappa shape index (κ2) is 14.7. The monoisotopic (exact) mass is 645 g/mol. The van der Waals surface area contributed by atoms with Gasteiger partial charge in [0.1, 0.15) is 11.9 Å². The number of anilines is 1. The van der Waals surface area contributed by atoms with Crippen LogP contribution in [-0.2, 0) is 25.5 Å². The van der Waals surface area contributed by atoms with Crippen molar-refractivity contribution in [3.8, 4) is 11.3 Å². The minimum Gasteiger partial charge on any atom is -0.381 e. The molecule has 6 rings (SSSR count). The van der Waals surface area contributed by atoms with E-state index in [4.69, 9.17) is 4.74 Å². The van der Waals surface area contributed by atoms with E-state index in [-0.39, 0.29) is 42.0 Å². The van der Waals surface area contributed by atoms with Gasteiger partial charge in [0.2, 0.25) is 17.7 Å². The standard InChI is InChI=1S/C35H40FN5O4S/c36-27-11-9-25(10-12-27)30-23-46-34(39-30)40-31(42)22-41-17-13-28-26(21-41)8-4-5-14-35(15-18-45-19-16-35)33(44)38-29(32(43)37-28)20-24-6-2-1-3-7-24/h1-7,9-12,23,26,28-29H,8,13-22H2,(H,37,43)(H,38,44)(H,39,40,42)/b5-4+/t26-,28+,29-/m0/s1. The van der Waals surface area contributed by atoms with Crippen LogP contribution in [-0.4, -0.2) is 72.5 Å². The van der Waals surface area contributed by atoms with Crippen molar-refractivity contribution in [2.24, 2.45) is 11.3 Å². The molecule has 11 heteroatoms. The number of halogens is 1. The lowest BCUT2D eigenvalue weighted by Gasteiger charge is -2.40. The number of benzene rings is 2. The average Bonchev–Trinajstić information content (AvgIpc) is 3.52. The van der Waals surface area contributed by atoms with Gasteiger partial charge in [-0.2, -0.15) is 0 Å². The zero-order chi connectivity index (χ0) is 31.9. The van der Waals surface area contributed by atoms with E-state index in [9.17, 15) is 18.8 Å². The summed E-state index contributed by atoms with van der Waals surface area (Å²) in [4.78, 5) is 47.2. The molecule has 3 atom stereocenters. The molecule has 1 spiro atoms. The summed E-state index contributed by atoms with van der Waals surface area (Å²) >= 11 is 1.33. The quantitative estimate of drug-likeness (QED) is 0.339. The van der Waals surface area contributed by atoms with Gasteiger partial charge in [-0.05, 0) is 67.9 Å². The van der Waals surface area contributed by atoms with Crippen molar-refractivity contribution < 1.29 is 23.5 Å². The number of ether oxygens (including phenoxy) is 1. The van der Waals surface area contributed by atoms with E-state index in [0.717, 1.165) is 17.5 Å². The summed E-state index contributed by atoms with van der Waals surface area (Å²) in [6.07, 6.45) is 7.90. The van der Waals surface area contributed by atoms with E-state index < -0.39 is 11.5 Å². The molecule has 3 aromatic rings. The molecule has 2 saturated heterocycles. The number of rotatable bonds is 6. The van der Waals surface area contributed by atoms with Gasteiger partial charge >= 0.3 is 0 Å². The molecule has 4 heterocycles. The summed E-state index contributed by atoms with van der Waals surface area (Å²) in [6.45, 7) is 2.55. The molecule has 242 valence electrons. The van der Waals surface area contributed by atoms with Gasteiger partial charge in [-0.25, -0.2) is 9.37 Å². The van der Waals surface area contributed by atoms with Crippen molar-refractivity contribution in [1.29, 1.82) is 0 Å². The van der Waals surface area contributed by atoms with Crippen LogP contribution in [0.5, 0.6) is 0 Å². The van der Waals surface area contributed by atoms with Gasteiger partial charge in [0.25, 0.3) is 0 Å². The number of amides is 3. The molecule has 3 aliphatic rings. The third-order valence-corrected chi connectivity index (χ3v) is 10.1. The minimum atomic E-state index is -0.694. The van der Waals surface area contributed by atoms with E-state index in [0.29, 0.717) is 69.2 Å². The Hall–Kier alpha value is -3.93. The zero-order valence-corrected chi connectivity index (χ0v) is 26.6. The molecule has 2 aromatic carbocycles. The predicted octanol–water partition coefficient (Wildman–Crippen LogP) is 4.57. The number of hydrogen-bond donors (Lipinski definition) is 3. The number of piperidine rings is 1. The number of aromatic nitrogens is 1. The number of nitrogens with one attached hydrogen (secondary N) is 3. The Bertz CT molecular complexity index is 1540. The largest absolute Gasteiger partial charge is 0.381 e. The lowest BCUT2D eigenvalue weighted by atomic mass is 9.75. The molecule has 0 saturated carbocycles. The highest BCUT2D eigenvalue weighted by atomic mass is 32.1. The van der Waals surface area contributed by atoms with Crippen molar-refractivity contribution in [2.45, 2.75) is 50.6 Å². The van der Waals surface area contributed by atoms with Crippen LogP contribution in [0.1, 0.15) is 37.7 Å². The highest BCUT2D eigenvalue weighted by molar-refractivity contribution is 7.14. The Morgan fingerprint density at radius 3 is 2.63 bits per heavy atom. The number of likely N-dealkylation sites (tertiary alicyclic amines) is 1. The van der Waals surface area contributed by atoms with E-state index in [1.807, 2.05) is 35.7 Å². The highest BCUT2D eigenvalue weighted by Crippen LogP contribution is 2.36. The van der Waals surface area contributed by atoms with Crippen LogP contribution in [0.25, 0.3) is 11.3 Å². The third kappa shape index (κ3) is 7.89. The molecule has 0 radical (unpaired) electrons. The molecule has 0 aliphatic carbocycles. The number of thiazole rings is 1. The summed E-state index contributed by atoms with van der Waals surface area (Å²) in [7, 11) is 0. The van der Waals surface area contributed by atoms with E-state index in [1.165, 1.54) is 23.5 Å². The molecular weight excluding hydrogens is 605 g/mol. The lowest BCUT2D eigenvalue weighted by molar-refractivity contribution is -0.140. The fourth-order valence-electron chi connectivity index (χ4n) is 6.65. The SMILES string of the molecule is O=C(CN1CC[C@H]2NC(=O)[C@H](Cc3ccccc3)NC(=O)C3(C/C=C/C[C@H]2C1)CCOCC3)Nc1nc(-c2ccc(F)cc2)cs1. The molecule has 3 amide bonds. The van der Waals surface area contributed by atoms with Crippen LogP contribution in [0.15, 0.2) is 72.1 Å². The number of carbonyl (C=O) groups is 3. The van der Waals surface area contributed by atoms with Crippen LogP contribution >= 0.6 is 11.3 Å². The topological polar surface area (TPSA) is 113 Å². The van der Waals surface area contributed by atoms with Gasteiger partial charge < -0.3 is 20.7 Å². The van der Waals surface area contributed by atoms with Crippen LogP contribution in [0.2, 0.25) is 0 Å². The molecule has 1 aromatic heterocycles. The second-order valence-electron chi connectivity index (χ2n) is 12.5. The number of allylic oxidation sites excluding steroid dienone is 2. The third-order valence-electron chi connectivity index (χ3n) is 9.35. The molecule has 9 nitrogen and oxygen atoms in total. The summed E-state index contributed by atoms with van der Waals surface area (Å²) in [5.74, 6) is -0.622. The maximum Gasteiger partial charge on any atom is 0.243 e. The van der Waals surface area contributed by atoms with Gasteiger partial charge in [0.15, 0.2) is 5.13 Å². The minimum absolute atomic E-state index is 0.0830. The van der Waals surface area contributed by atoms with Crippen LogP contribution in [0.3, 0.4) is 0 Å². The Kier molecular flexibility index (Phi) is 10.2. The first-order valence-electron chi connectivity index (χ1n) is 16.0. The summed E-state index contributed by atoms with van der Waals surface area (Å²) < 4.78 is 18.9. The van der Waals surface area contributed by atoms with E-state index in [1.54, 1.807) is 12.1 Å². The highest BCUT2D eigenvalue weighted by Gasteiger charge is 2.41. The molecule has 3 N–H and O–H groups in total. The molecule has 46 heavy (non-hydrogen) atoms. The molecule has 3 aliphatic heterocycles. The van der Waals surface area contributed by atoms with E-state index in [2.05, 4.69) is 38.0 Å². The average molecular weight is 646 g/mol. The first-order chi connectivity index (χ1) is 22.4. The van der Waals surface area contributed by atoms with Crippen molar-refractivity contribution in [3.05, 3.63) is 83.5 Å². The van der Waals surface area contributed by atoms with Gasteiger partial charge in [0.05, 0.1) is 17.7 Å².